The van der Waals surface area contributed by atoms with Crippen LogP contribution in [0.2, 0.25) is 5.02 Å². The Labute approximate surface area is 167 Å². The molecule has 0 atom stereocenters. The van der Waals surface area contributed by atoms with Crippen LogP contribution in [0.15, 0.2) is 29.4 Å². The number of nitrogens with zero attached hydrogens (tertiary/aromatic N) is 4. The number of ether oxygens (including phenoxy) is 2. The largest absolute Gasteiger partial charge is 0.484 e. The molecule has 7 nitrogen and oxygen atoms in total. The molecular formula is C18H21ClN4O3S. The topological polar surface area (TPSA) is 69.5 Å². The molecule has 144 valence electrons. The molecule has 9 heteroatoms. The van der Waals surface area contributed by atoms with Crippen LogP contribution < -0.4 is 4.74 Å². The normalized spacial score (nSPS) is 17.1. The second kappa shape index (κ2) is 8.50. The molecule has 2 aliphatic rings. The summed E-state index contributed by atoms with van der Waals surface area (Å²) in [7, 11) is 0. The van der Waals surface area contributed by atoms with Crippen molar-refractivity contribution in [2.24, 2.45) is 0 Å². The van der Waals surface area contributed by atoms with Crippen LogP contribution in [0.5, 0.6) is 5.75 Å². The van der Waals surface area contributed by atoms with E-state index in [1.54, 1.807) is 6.07 Å². The summed E-state index contributed by atoms with van der Waals surface area (Å²) in [5, 5.41) is 9.93. The molecule has 1 aromatic carbocycles. The Balaban J connectivity index is 1.40. The molecule has 0 N–H and O–H groups in total. The van der Waals surface area contributed by atoms with E-state index in [-0.39, 0.29) is 5.91 Å². The predicted molar refractivity (Wildman–Crippen MR) is 102 cm³/mol. The Kier molecular flexibility index (Phi) is 5.85. The number of para-hydroxylation sites is 1. The number of hydrogen-bond donors (Lipinski definition) is 0. The molecule has 2 aromatic rings. The number of rotatable bonds is 7. The van der Waals surface area contributed by atoms with Gasteiger partial charge in [-0.2, -0.15) is 0 Å². The van der Waals surface area contributed by atoms with Crippen molar-refractivity contribution in [1.29, 1.82) is 0 Å². The van der Waals surface area contributed by atoms with Gasteiger partial charge in [0.1, 0.15) is 12.4 Å². The van der Waals surface area contributed by atoms with Gasteiger partial charge in [0.15, 0.2) is 11.0 Å². The number of benzene rings is 1. The zero-order chi connectivity index (χ0) is 18.6. The van der Waals surface area contributed by atoms with Crippen molar-refractivity contribution in [3.63, 3.8) is 0 Å². The fourth-order valence-corrected chi connectivity index (χ4v) is 4.06. The van der Waals surface area contributed by atoms with Gasteiger partial charge in [0.25, 0.3) is 0 Å². The third kappa shape index (κ3) is 4.56. The maximum absolute atomic E-state index is 12.4. The lowest BCUT2D eigenvalue weighted by Gasteiger charge is -2.26. The minimum atomic E-state index is 0.113. The first-order chi connectivity index (χ1) is 13.2. The van der Waals surface area contributed by atoms with Gasteiger partial charge in [-0.1, -0.05) is 35.5 Å². The van der Waals surface area contributed by atoms with E-state index < -0.39 is 0 Å². The van der Waals surface area contributed by atoms with Gasteiger partial charge in [-0.25, -0.2) is 0 Å². The standard InChI is InChI=1S/C18H21ClN4O3S/c19-14-3-1-2-4-15(14)26-11-16-20-21-18(23(16)13-5-6-13)27-12-17(24)22-7-9-25-10-8-22/h1-4,13H,5-12H2. The fourth-order valence-electron chi connectivity index (χ4n) is 2.94. The second-order valence-corrected chi connectivity index (χ2v) is 7.85. The summed E-state index contributed by atoms with van der Waals surface area (Å²) in [5.41, 5.74) is 0. The first-order valence-corrected chi connectivity index (χ1v) is 10.4. The van der Waals surface area contributed by atoms with Crippen LogP contribution in [0.25, 0.3) is 0 Å². The Morgan fingerprint density at radius 2 is 2.04 bits per heavy atom. The predicted octanol–water partition coefficient (Wildman–Crippen LogP) is 2.80. The molecule has 0 bridgehead atoms. The van der Waals surface area contributed by atoms with Crippen molar-refractivity contribution in [2.45, 2.75) is 30.6 Å². The molecule has 1 amide bonds. The lowest BCUT2D eigenvalue weighted by molar-refractivity contribution is -0.132. The number of carbonyl (C=O) groups excluding carboxylic acids is 1. The molecule has 2 heterocycles. The smallest absolute Gasteiger partial charge is 0.233 e. The fraction of sp³-hybridized carbons (Fsp3) is 0.500. The van der Waals surface area contributed by atoms with Crippen molar-refractivity contribution in [2.75, 3.05) is 32.1 Å². The summed E-state index contributed by atoms with van der Waals surface area (Å²) in [6, 6.07) is 7.76. The summed E-state index contributed by atoms with van der Waals surface area (Å²) >= 11 is 7.58. The minimum absolute atomic E-state index is 0.113. The van der Waals surface area contributed by atoms with Crippen molar-refractivity contribution in [3.8, 4) is 5.75 Å². The average Bonchev–Trinajstić information content (AvgIpc) is 3.46. The van der Waals surface area contributed by atoms with Gasteiger partial charge in [0.2, 0.25) is 5.91 Å². The van der Waals surface area contributed by atoms with Crippen LogP contribution in [-0.2, 0) is 16.1 Å². The van der Waals surface area contributed by atoms with Crippen LogP contribution in [-0.4, -0.2) is 57.6 Å². The van der Waals surface area contributed by atoms with Crippen LogP contribution in [0.1, 0.15) is 24.7 Å². The zero-order valence-electron chi connectivity index (χ0n) is 14.8. The van der Waals surface area contributed by atoms with Gasteiger partial charge in [0.05, 0.1) is 24.0 Å². The van der Waals surface area contributed by atoms with E-state index in [4.69, 9.17) is 21.1 Å². The molecule has 0 spiro atoms. The third-order valence-corrected chi connectivity index (χ3v) is 5.77. The van der Waals surface area contributed by atoms with Crippen LogP contribution >= 0.6 is 23.4 Å². The van der Waals surface area contributed by atoms with E-state index >= 15 is 0 Å². The van der Waals surface area contributed by atoms with E-state index in [2.05, 4.69) is 14.8 Å². The highest BCUT2D eigenvalue weighted by Crippen LogP contribution is 2.39. The molecule has 1 saturated carbocycles. The summed E-state index contributed by atoms with van der Waals surface area (Å²) in [6.45, 7) is 2.83. The number of carbonyl (C=O) groups is 1. The Hall–Kier alpha value is -1.77. The summed E-state index contributed by atoms with van der Waals surface area (Å²) < 4.78 is 13.2. The second-order valence-electron chi connectivity index (χ2n) is 6.50. The van der Waals surface area contributed by atoms with E-state index in [0.29, 0.717) is 55.5 Å². The maximum Gasteiger partial charge on any atom is 0.233 e. The zero-order valence-corrected chi connectivity index (χ0v) is 16.4. The number of amides is 1. The van der Waals surface area contributed by atoms with Gasteiger partial charge in [0, 0.05) is 19.1 Å². The Bertz CT molecular complexity index is 806. The van der Waals surface area contributed by atoms with Crippen LogP contribution in [0.3, 0.4) is 0 Å². The van der Waals surface area contributed by atoms with Crippen LogP contribution in [0, 0.1) is 0 Å². The first kappa shape index (κ1) is 18.6. The number of hydrogen-bond acceptors (Lipinski definition) is 6. The summed E-state index contributed by atoms with van der Waals surface area (Å²) in [5.74, 6) is 1.86. The number of aromatic nitrogens is 3. The first-order valence-electron chi connectivity index (χ1n) is 9.02. The molecule has 2 fully saturated rings. The van der Waals surface area contributed by atoms with E-state index in [1.807, 2.05) is 23.1 Å². The van der Waals surface area contributed by atoms with Gasteiger partial charge in [-0.3, -0.25) is 9.36 Å². The number of thioether (sulfide) groups is 1. The van der Waals surface area contributed by atoms with E-state index in [9.17, 15) is 4.79 Å². The van der Waals surface area contributed by atoms with Crippen LogP contribution in [0.4, 0.5) is 0 Å². The van der Waals surface area contributed by atoms with Crippen molar-refractivity contribution >= 4 is 29.3 Å². The highest BCUT2D eigenvalue weighted by molar-refractivity contribution is 7.99. The number of halogens is 1. The molecule has 1 aromatic heterocycles. The number of morpholine rings is 1. The molecule has 4 rings (SSSR count). The molecule has 1 aliphatic heterocycles. The highest BCUT2D eigenvalue weighted by Gasteiger charge is 2.30. The van der Waals surface area contributed by atoms with Gasteiger partial charge >= 0.3 is 0 Å². The SMILES string of the molecule is O=C(CSc1nnc(COc2ccccc2Cl)n1C1CC1)N1CCOCC1. The Morgan fingerprint density at radius 3 is 2.78 bits per heavy atom. The summed E-state index contributed by atoms with van der Waals surface area (Å²) in [6.07, 6.45) is 2.20. The quantitative estimate of drug-likeness (QED) is 0.656. The molecule has 1 aliphatic carbocycles. The van der Waals surface area contributed by atoms with Gasteiger partial charge in [-0.15, -0.1) is 10.2 Å². The molecule has 1 saturated heterocycles. The van der Waals surface area contributed by atoms with Crippen molar-refractivity contribution in [1.82, 2.24) is 19.7 Å². The molecule has 27 heavy (non-hydrogen) atoms. The molecule has 0 radical (unpaired) electrons. The average molecular weight is 409 g/mol. The van der Waals surface area contributed by atoms with Gasteiger partial charge in [-0.05, 0) is 25.0 Å². The van der Waals surface area contributed by atoms with E-state index in [0.717, 1.165) is 23.8 Å². The molecular weight excluding hydrogens is 388 g/mol. The third-order valence-electron chi connectivity index (χ3n) is 4.53. The van der Waals surface area contributed by atoms with Crippen molar-refractivity contribution in [3.05, 3.63) is 35.1 Å². The Morgan fingerprint density at radius 1 is 1.26 bits per heavy atom. The van der Waals surface area contributed by atoms with Crippen molar-refractivity contribution < 1.29 is 14.3 Å². The maximum atomic E-state index is 12.4. The molecule has 0 unspecified atom stereocenters. The lowest BCUT2D eigenvalue weighted by Crippen LogP contribution is -2.41. The van der Waals surface area contributed by atoms with Gasteiger partial charge < -0.3 is 14.4 Å². The lowest BCUT2D eigenvalue weighted by atomic mass is 10.3. The monoisotopic (exact) mass is 408 g/mol. The highest BCUT2D eigenvalue weighted by atomic mass is 35.5. The minimum Gasteiger partial charge on any atom is -0.484 e. The summed E-state index contributed by atoms with van der Waals surface area (Å²) in [4.78, 5) is 14.2. The van der Waals surface area contributed by atoms with E-state index in [1.165, 1.54) is 11.8 Å².